The van der Waals surface area contributed by atoms with Crippen molar-refractivity contribution in [2.45, 2.75) is 27.7 Å². The molecule has 0 amide bonds. The highest BCUT2D eigenvalue weighted by Crippen LogP contribution is 2.40. The fourth-order valence-electron chi connectivity index (χ4n) is 5.86. The maximum Gasteiger partial charge on any atom is 0.0490 e. The Morgan fingerprint density at radius 1 is 0.364 bits per heavy atom. The number of hydrogen-bond acceptors (Lipinski definition) is 2. The van der Waals surface area contributed by atoms with Crippen LogP contribution in [0.3, 0.4) is 0 Å². The normalized spacial score (nSPS) is 10.8. The minimum Gasteiger partial charge on any atom is -0.310 e. The summed E-state index contributed by atoms with van der Waals surface area (Å²) in [5.41, 5.74) is 15.1. The molecule has 0 unspecified atom stereocenters. The molecule has 0 N–H and O–H groups in total. The van der Waals surface area contributed by atoms with E-state index >= 15 is 0 Å². The number of hydrogen-bond donors (Lipinski definition) is 0. The van der Waals surface area contributed by atoms with Gasteiger partial charge in [0.25, 0.3) is 0 Å². The van der Waals surface area contributed by atoms with E-state index in [4.69, 9.17) is 0 Å². The molecule has 0 bridgehead atoms. The largest absolute Gasteiger partial charge is 0.310 e. The smallest absolute Gasteiger partial charge is 0.0490 e. The fraction of sp³-hybridized carbons (Fsp3) is 0.0952. The highest BCUT2D eigenvalue weighted by molar-refractivity contribution is 5.85. The molecule has 0 aromatic heterocycles. The number of para-hydroxylation sites is 4. The van der Waals surface area contributed by atoms with Crippen LogP contribution in [0.1, 0.15) is 33.4 Å². The molecule has 0 atom stereocenters. The first-order valence-corrected chi connectivity index (χ1v) is 15.1. The maximum absolute atomic E-state index is 4.51. The molecule has 216 valence electrons. The van der Waals surface area contributed by atoms with Gasteiger partial charge in [0.2, 0.25) is 0 Å². The van der Waals surface area contributed by atoms with E-state index < -0.39 is 0 Å². The van der Waals surface area contributed by atoms with Crippen LogP contribution in [-0.4, -0.2) is 0 Å². The summed E-state index contributed by atoms with van der Waals surface area (Å²) in [7, 11) is 0. The van der Waals surface area contributed by atoms with Crippen molar-refractivity contribution in [3.8, 4) is 0 Å². The summed E-state index contributed by atoms with van der Waals surface area (Å²) < 4.78 is 0. The molecule has 0 saturated carbocycles. The topological polar surface area (TPSA) is 6.48 Å². The summed E-state index contributed by atoms with van der Waals surface area (Å²) in [5.74, 6) is 0. The number of benzene rings is 6. The Bertz CT molecular complexity index is 1680. The monoisotopic (exact) mass is 570 g/mol. The van der Waals surface area contributed by atoms with Crippen molar-refractivity contribution in [1.82, 2.24) is 0 Å². The van der Waals surface area contributed by atoms with E-state index in [0.29, 0.717) is 0 Å². The Hall–Kier alpha value is -5.34. The van der Waals surface area contributed by atoms with E-state index in [0.717, 1.165) is 28.1 Å². The van der Waals surface area contributed by atoms with Crippen LogP contribution in [-0.2, 0) is 0 Å². The van der Waals surface area contributed by atoms with E-state index in [2.05, 4.69) is 190 Å². The Kier molecular flexibility index (Phi) is 8.16. The van der Waals surface area contributed by atoms with Crippen molar-refractivity contribution in [2.24, 2.45) is 0 Å². The predicted molar refractivity (Wildman–Crippen MR) is 189 cm³/mol. The number of aryl methyl sites for hydroxylation is 4. The zero-order valence-electron chi connectivity index (χ0n) is 26.0. The van der Waals surface area contributed by atoms with Crippen LogP contribution in [0.4, 0.5) is 34.1 Å². The second kappa shape index (κ2) is 12.5. The molecule has 6 aromatic rings. The molecule has 2 heteroatoms. The van der Waals surface area contributed by atoms with Gasteiger partial charge in [0.05, 0.1) is 0 Å². The van der Waals surface area contributed by atoms with Gasteiger partial charge in [-0.15, -0.1) is 0 Å². The lowest BCUT2D eigenvalue weighted by Gasteiger charge is -2.29. The average molecular weight is 571 g/mol. The highest BCUT2D eigenvalue weighted by Gasteiger charge is 2.18. The molecule has 2 nitrogen and oxygen atoms in total. The molecule has 0 aliphatic carbocycles. The third-order valence-corrected chi connectivity index (χ3v) is 8.37. The van der Waals surface area contributed by atoms with Gasteiger partial charge in [-0.1, -0.05) is 104 Å². The SMILES string of the molecule is C=C(c1ccc(N(c2ccccc2C)c2ccccc2C)cc1)c1ccc(N(c2ccccc2C)c2ccccc2C)cc1. The van der Waals surface area contributed by atoms with Crippen molar-refractivity contribution in [1.29, 1.82) is 0 Å². The van der Waals surface area contributed by atoms with Crippen LogP contribution in [0.25, 0.3) is 5.57 Å². The third kappa shape index (κ3) is 5.67. The lowest BCUT2D eigenvalue weighted by Crippen LogP contribution is -2.12. The van der Waals surface area contributed by atoms with Gasteiger partial charge < -0.3 is 9.80 Å². The van der Waals surface area contributed by atoms with E-state index in [1.54, 1.807) is 0 Å². The highest BCUT2D eigenvalue weighted by atomic mass is 15.2. The minimum atomic E-state index is 1.000. The van der Waals surface area contributed by atoms with Gasteiger partial charge >= 0.3 is 0 Å². The molecule has 0 aliphatic rings. The fourth-order valence-corrected chi connectivity index (χ4v) is 5.86. The summed E-state index contributed by atoms with van der Waals surface area (Å²) in [6, 6.07) is 51.7. The van der Waals surface area contributed by atoms with E-state index in [1.807, 2.05) is 0 Å². The Labute approximate surface area is 262 Å². The second-order valence-electron chi connectivity index (χ2n) is 11.4. The molecule has 0 saturated heterocycles. The van der Waals surface area contributed by atoms with E-state index in [-0.39, 0.29) is 0 Å². The third-order valence-electron chi connectivity index (χ3n) is 8.37. The lowest BCUT2D eigenvalue weighted by atomic mass is 9.98. The predicted octanol–water partition coefficient (Wildman–Crippen LogP) is 11.9. The van der Waals surface area contributed by atoms with Gasteiger partial charge in [0.1, 0.15) is 0 Å². The van der Waals surface area contributed by atoms with Gasteiger partial charge in [0.15, 0.2) is 0 Å². The first-order chi connectivity index (χ1) is 21.4. The van der Waals surface area contributed by atoms with Crippen LogP contribution >= 0.6 is 0 Å². The van der Waals surface area contributed by atoms with Crippen LogP contribution in [0.2, 0.25) is 0 Å². The van der Waals surface area contributed by atoms with Gasteiger partial charge in [-0.25, -0.2) is 0 Å². The molecule has 0 aliphatic heterocycles. The molecule has 0 fully saturated rings. The van der Waals surface area contributed by atoms with Crippen LogP contribution < -0.4 is 9.80 Å². The maximum atomic E-state index is 4.51. The van der Waals surface area contributed by atoms with Crippen molar-refractivity contribution < 1.29 is 0 Å². The average Bonchev–Trinajstić information content (AvgIpc) is 3.05. The van der Waals surface area contributed by atoms with Gasteiger partial charge in [-0.05, 0) is 115 Å². The Morgan fingerprint density at radius 2 is 0.614 bits per heavy atom. The molecule has 44 heavy (non-hydrogen) atoms. The molecular formula is C42H38N2. The summed E-state index contributed by atoms with van der Waals surface area (Å²) >= 11 is 0. The first-order valence-electron chi connectivity index (χ1n) is 15.1. The van der Waals surface area contributed by atoms with Gasteiger partial charge in [0, 0.05) is 34.1 Å². The van der Waals surface area contributed by atoms with Crippen molar-refractivity contribution in [3.63, 3.8) is 0 Å². The van der Waals surface area contributed by atoms with Gasteiger partial charge in [-0.3, -0.25) is 0 Å². The number of nitrogens with zero attached hydrogens (tertiary/aromatic N) is 2. The zero-order valence-corrected chi connectivity index (χ0v) is 26.0. The first kappa shape index (κ1) is 28.8. The van der Waals surface area contributed by atoms with Crippen molar-refractivity contribution in [3.05, 3.63) is 186 Å². The van der Waals surface area contributed by atoms with E-state index in [9.17, 15) is 0 Å². The molecule has 6 aromatic carbocycles. The second-order valence-corrected chi connectivity index (χ2v) is 11.4. The molecule has 0 radical (unpaired) electrons. The lowest BCUT2D eigenvalue weighted by molar-refractivity contribution is 1.22. The molecule has 6 rings (SSSR count). The van der Waals surface area contributed by atoms with Crippen LogP contribution in [0.5, 0.6) is 0 Å². The molecule has 0 spiro atoms. The molecule has 0 heterocycles. The summed E-state index contributed by atoms with van der Waals surface area (Å²) in [5, 5.41) is 0. The molecular weight excluding hydrogens is 532 g/mol. The number of anilines is 6. The number of rotatable bonds is 8. The van der Waals surface area contributed by atoms with Crippen molar-refractivity contribution in [2.75, 3.05) is 9.80 Å². The quantitative estimate of drug-likeness (QED) is 0.180. The summed E-state index contributed by atoms with van der Waals surface area (Å²) in [6.07, 6.45) is 0. The van der Waals surface area contributed by atoms with Crippen LogP contribution in [0.15, 0.2) is 152 Å². The Balaban J connectivity index is 1.32. The summed E-state index contributed by atoms with van der Waals surface area (Å²) in [6.45, 7) is 13.2. The standard InChI is InChI=1S/C42H38N2/c1-30-14-6-10-18-39(30)43(40-19-11-7-15-31(40)2)37-26-22-35(23-27-37)34(5)36-24-28-38(29-25-36)44(41-20-12-8-16-32(41)3)42-21-13-9-17-33(42)4/h6-29H,5H2,1-4H3. The Morgan fingerprint density at radius 3 is 0.864 bits per heavy atom. The zero-order chi connectivity index (χ0) is 30.6. The van der Waals surface area contributed by atoms with E-state index in [1.165, 1.54) is 45.0 Å². The van der Waals surface area contributed by atoms with Crippen LogP contribution in [0, 0.1) is 27.7 Å². The van der Waals surface area contributed by atoms with Gasteiger partial charge in [-0.2, -0.15) is 0 Å². The summed E-state index contributed by atoms with van der Waals surface area (Å²) in [4.78, 5) is 4.69. The minimum absolute atomic E-state index is 1.000. The van der Waals surface area contributed by atoms with Crippen molar-refractivity contribution >= 4 is 39.7 Å².